The van der Waals surface area contributed by atoms with Crippen LogP contribution >= 0.6 is 0 Å². The molecule has 0 aromatic carbocycles. The van der Waals surface area contributed by atoms with Crippen LogP contribution in [0.25, 0.3) is 0 Å². The van der Waals surface area contributed by atoms with Crippen LogP contribution in [-0.4, -0.2) is 42.9 Å². The molecule has 1 aliphatic carbocycles. The van der Waals surface area contributed by atoms with E-state index >= 15 is 0 Å². The lowest BCUT2D eigenvalue weighted by Gasteiger charge is -2.31. The molecule has 2 fully saturated rings. The molecule has 2 rings (SSSR count). The molecule has 6 heteroatoms. The van der Waals surface area contributed by atoms with Gasteiger partial charge in [-0.15, -0.1) is 0 Å². The highest BCUT2D eigenvalue weighted by Gasteiger charge is 2.42. The van der Waals surface area contributed by atoms with Gasteiger partial charge in [0.25, 0.3) is 0 Å². The molecule has 0 radical (unpaired) electrons. The van der Waals surface area contributed by atoms with E-state index in [1.54, 1.807) is 0 Å². The van der Waals surface area contributed by atoms with Crippen LogP contribution in [0.2, 0.25) is 0 Å². The second kappa shape index (κ2) is 6.54. The van der Waals surface area contributed by atoms with Gasteiger partial charge in [0.15, 0.2) is 5.79 Å². The first-order valence-corrected chi connectivity index (χ1v) is 7.41. The second-order valence-electron chi connectivity index (χ2n) is 5.86. The Hall–Kier alpha value is -1.14. The third-order valence-electron chi connectivity index (χ3n) is 3.65. The highest BCUT2D eigenvalue weighted by molar-refractivity contribution is 6.35. The number of amides is 2. The van der Waals surface area contributed by atoms with Crippen LogP contribution in [0, 0.1) is 0 Å². The minimum atomic E-state index is -0.619. The number of carbonyl (C=O) groups is 2. The van der Waals surface area contributed by atoms with Crippen molar-refractivity contribution in [2.24, 2.45) is 0 Å². The number of nitrogens with one attached hydrogen (secondary N) is 2. The van der Waals surface area contributed by atoms with Crippen LogP contribution in [0.15, 0.2) is 0 Å². The van der Waals surface area contributed by atoms with Crippen LogP contribution in [0.3, 0.4) is 0 Å². The molecule has 1 saturated carbocycles. The second-order valence-corrected chi connectivity index (χ2v) is 5.86. The molecule has 0 aromatic rings. The first-order chi connectivity index (χ1) is 9.51. The molecular weight excluding hydrogens is 260 g/mol. The number of hydrogen-bond acceptors (Lipinski definition) is 4. The summed E-state index contributed by atoms with van der Waals surface area (Å²) >= 11 is 0. The highest BCUT2D eigenvalue weighted by atomic mass is 16.7. The molecule has 114 valence electrons. The Bertz CT molecular complexity index is 364. The van der Waals surface area contributed by atoms with Crippen molar-refractivity contribution in [2.45, 2.75) is 63.9 Å². The number of ether oxygens (including phenoxy) is 2. The minimum Gasteiger partial charge on any atom is -0.347 e. The zero-order valence-corrected chi connectivity index (χ0v) is 12.2. The number of hydrogen-bond donors (Lipinski definition) is 2. The Morgan fingerprint density at radius 2 is 1.90 bits per heavy atom. The van der Waals surface area contributed by atoms with Crippen molar-refractivity contribution in [3.05, 3.63) is 0 Å². The lowest BCUT2D eigenvalue weighted by molar-refractivity contribution is -0.186. The van der Waals surface area contributed by atoms with Crippen LogP contribution in [0.4, 0.5) is 0 Å². The zero-order valence-electron chi connectivity index (χ0n) is 12.2. The molecule has 6 nitrogen and oxygen atoms in total. The van der Waals surface area contributed by atoms with Gasteiger partial charge >= 0.3 is 11.8 Å². The highest BCUT2D eigenvalue weighted by Crippen LogP contribution is 2.37. The fraction of sp³-hybridized carbons (Fsp3) is 0.857. The van der Waals surface area contributed by atoms with E-state index in [-0.39, 0.29) is 12.1 Å². The molecule has 1 heterocycles. The van der Waals surface area contributed by atoms with E-state index in [1.807, 2.05) is 13.8 Å². The summed E-state index contributed by atoms with van der Waals surface area (Å²) in [7, 11) is 0. The van der Waals surface area contributed by atoms with Crippen molar-refractivity contribution >= 4 is 11.8 Å². The maximum atomic E-state index is 11.6. The normalized spacial score (nSPS) is 24.9. The summed E-state index contributed by atoms with van der Waals surface area (Å²) in [6.07, 6.45) is 5.15. The fourth-order valence-corrected chi connectivity index (χ4v) is 2.68. The molecular formula is C14H24N2O4. The van der Waals surface area contributed by atoms with Gasteiger partial charge in [-0.2, -0.15) is 0 Å². The maximum Gasteiger partial charge on any atom is 0.309 e. The van der Waals surface area contributed by atoms with Gasteiger partial charge in [0.1, 0.15) is 6.10 Å². The monoisotopic (exact) mass is 284 g/mol. The van der Waals surface area contributed by atoms with Gasteiger partial charge in [-0.05, 0) is 26.7 Å². The lowest BCUT2D eigenvalue weighted by Crippen LogP contribution is -2.45. The summed E-state index contributed by atoms with van der Waals surface area (Å²) in [5.74, 6) is -1.66. The smallest absolute Gasteiger partial charge is 0.309 e. The Balaban J connectivity index is 1.72. The standard InChI is InChI=1S/C14H24N2O4/c1-10(2)16-13(18)12(17)15-8-11-9-19-14(20-11)6-4-3-5-7-14/h10-11H,3-9H2,1-2H3,(H,15,17)(H,16,18). The van der Waals surface area contributed by atoms with Gasteiger partial charge < -0.3 is 20.1 Å². The average Bonchev–Trinajstić information content (AvgIpc) is 2.79. The molecule has 1 saturated heterocycles. The van der Waals surface area contributed by atoms with Crippen molar-refractivity contribution < 1.29 is 19.1 Å². The van der Waals surface area contributed by atoms with Crippen molar-refractivity contribution in [2.75, 3.05) is 13.2 Å². The van der Waals surface area contributed by atoms with E-state index in [0.29, 0.717) is 13.2 Å². The Morgan fingerprint density at radius 3 is 2.55 bits per heavy atom. The van der Waals surface area contributed by atoms with Crippen molar-refractivity contribution in [3.63, 3.8) is 0 Å². The van der Waals surface area contributed by atoms with E-state index in [1.165, 1.54) is 6.42 Å². The molecule has 0 bridgehead atoms. The van der Waals surface area contributed by atoms with Gasteiger partial charge in [0.2, 0.25) is 0 Å². The first kappa shape index (κ1) is 15.3. The molecule has 2 N–H and O–H groups in total. The largest absolute Gasteiger partial charge is 0.347 e. The molecule has 20 heavy (non-hydrogen) atoms. The summed E-state index contributed by atoms with van der Waals surface area (Å²) in [6, 6.07) is -0.0511. The fourth-order valence-electron chi connectivity index (χ4n) is 2.68. The molecule has 0 aromatic heterocycles. The Morgan fingerprint density at radius 1 is 1.20 bits per heavy atom. The van der Waals surface area contributed by atoms with Gasteiger partial charge in [-0.3, -0.25) is 9.59 Å². The summed E-state index contributed by atoms with van der Waals surface area (Å²) < 4.78 is 11.7. The number of carbonyl (C=O) groups excluding carboxylic acids is 2. The van der Waals surface area contributed by atoms with Gasteiger partial charge in [-0.25, -0.2) is 0 Å². The summed E-state index contributed by atoms with van der Waals surface area (Å²) in [4.78, 5) is 23.0. The predicted octanol–water partition coefficient (Wildman–Crippen LogP) is 0.703. The zero-order chi connectivity index (χ0) is 14.6. The molecule has 2 aliphatic rings. The predicted molar refractivity (Wildman–Crippen MR) is 72.9 cm³/mol. The van der Waals surface area contributed by atoms with E-state index in [0.717, 1.165) is 25.7 Å². The Kier molecular flexibility index (Phi) is 4.99. The SMILES string of the molecule is CC(C)NC(=O)C(=O)NCC1COC2(CCCCC2)O1. The topological polar surface area (TPSA) is 76.7 Å². The molecule has 1 unspecified atom stereocenters. The van der Waals surface area contributed by atoms with Crippen molar-refractivity contribution in [1.29, 1.82) is 0 Å². The van der Waals surface area contributed by atoms with Crippen LogP contribution in [0.1, 0.15) is 46.0 Å². The van der Waals surface area contributed by atoms with Crippen LogP contribution in [0.5, 0.6) is 0 Å². The third kappa shape index (κ3) is 3.93. The molecule has 1 atom stereocenters. The van der Waals surface area contributed by atoms with Gasteiger partial charge in [-0.1, -0.05) is 6.42 Å². The van der Waals surface area contributed by atoms with E-state index in [9.17, 15) is 9.59 Å². The Labute approximate surface area is 119 Å². The summed E-state index contributed by atoms with van der Waals surface area (Å²) in [5, 5.41) is 5.15. The van der Waals surface area contributed by atoms with E-state index < -0.39 is 17.6 Å². The minimum absolute atomic E-state index is 0.0511. The number of rotatable bonds is 3. The molecule has 1 aliphatic heterocycles. The summed E-state index contributed by atoms with van der Waals surface area (Å²) in [5.41, 5.74) is 0. The third-order valence-corrected chi connectivity index (χ3v) is 3.65. The quantitative estimate of drug-likeness (QED) is 0.748. The van der Waals surface area contributed by atoms with E-state index in [4.69, 9.17) is 9.47 Å². The molecule has 2 amide bonds. The van der Waals surface area contributed by atoms with Crippen LogP contribution in [-0.2, 0) is 19.1 Å². The van der Waals surface area contributed by atoms with Crippen molar-refractivity contribution in [3.8, 4) is 0 Å². The van der Waals surface area contributed by atoms with E-state index in [2.05, 4.69) is 10.6 Å². The molecule has 1 spiro atoms. The average molecular weight is 284 g/mol. The van der Waals surface area contributed by atoms with Crippen LogP contribution < -0.4 is 10.6 Å². The first-order valence-electron chi connectivity index (χ1n) is 7.41. The summed E-state index contributed by atoms with van der Waals surface area (Å²) in [6.45, 7) is 4.41. The lowest BCUT2D eigenvalue weighted by atomic mass is 9.94. The van der Waals surface area contributed by atoms with Gasteiger partial charge in [0, 0.05) is 25.4 Å². The van der Waals surface area contributed by atoms with Gasteiger partial charge in [0.05, 0.1) is 6.61 Å². The maximum absolute atomic E-state index is 11.6. The van der Waals surface area contributed by atoms with Crippen molar-refractivity contribution in [1.82, 2.24) is 10.6 Å².